The molecule has 0 spiro atoms. The average molecular weight is 525 g/mol. The standard InChI is InChI=1S/C29H28N6O2S/c1-18(2)35-16-20(14-32-35)13-31-28(36)21-12-25(27(30-15-21)33-24-10-6-4-8-19(24)3)34-29(37)23-17-38-26-11-7-5-9-22(23)26/h4-12,14-18H,13H2,1-3H3,(H,30,33)(H,31,36)(H,34,37). The number of pyridine rings is 1. The first-order valence-electron chi connectivity index (χ1n) is 12.3. The van der Waals surface area contributed by atoms with Gasteiger partial charge in [0.05, 0.1) is 23.0 Å². The molecule has 0 aliphatic carbocycles. The molecule has 0 bridgehead atoms. The van der Waals surface area contributed by atoms with Crippen LogP contribution < -0.4 is 16.0 Å². The quantitative estimate of drug-likeness (QED) is 0.221. The van der Waals surface area contributed by atoms with Gasteiger partial charge in [-0.2, -0.15) is 5.10 Å². The van der Waals surface area contributed by atoms with Gasteiger partial charge in [0.25, 0.3) is 11.8 Å². The highest BCUT2D eigenvalue weighted by Crippen LogP contribution is 2.29. The van der Waals surface area contributed by atoms with E-state index in [1.54, 1.807) is 12.3 Å². The third-order valence-corrected chi connectivity index (χ3v) is 7.12. The minimum Gasteiger partial charge on any atom is -0.348 e. The minimum atomic E-state index is -0.297. The largest absolute Gasteiger partial charge is 0.348 e. The van der Waals surface area contributed by atoms with E-state index in [2.05, 4.69) is 26.0 Å². The molecule has 8 nitrogen and oxygen atoms in total. The summed E-state index contributed by atoms with van der Waals surface area (Å²) in [7, 11) is 0. The van der Waals surface area contributed by atoms with Gasteiger partial charge in [-0.1, -0.05) is 36.4 Å². The molecular formula is C29H28N6O2S. The summed E-state index contributed by atoms with van der Waals surface area (Å²) >= 11 is 1.51. The zero-order chi connectivity index (χ0) is 26.6. The van der Waals surface area contributed by atoms with E-state index in [1.807, 2.05) is 85.6 Å². The molecule has 5 aromatic rings. The fourth-order valence-corrected chi connectivity index (χ4v) is 4.94. The number of benzene rings is 2. The van der Waals surface area contributed by atoms with Crippen LogP contribution in [0.3, 0.4) is 0 Å². The van der Waals surface area contributed by atoms with Crippen molar-refractivity contribution in [3.8, 4) is 0 Å². The topological polar surface area (TPSA) is 101 Å². The summed E-state index contributed by atoms with van der Waals surface area (Å²) in [5.74, 6) is -0.119. The molecule has 0 fully saturated rings. The lowest BCUT2D eigenvalue weighted by atomic mass is 10.1. The number of aromatic nitrogens is 3. The Labute approximate surface area is 224 Å². The summed E-state index contributed by atoms with van der Waals surface area (Å²) < 4.78 is 2.87. The van der Waals surface area contributed by atoms with Gasteiger partial charge in [0.2, 0.25) is 0 Å². The second kappa shape index (κ2) is 10.9. The normalized spacial score (nSPS) is 11.1. The average Bonchev–Trinajstić information content (AvgIpc) is 3.57. The van der Waals surface area contributed by atoms with E-state index in [1.165, 1.54) is 17.5 Å². The van der Waals surface area contributed by atoms with Crippen molar-refractivity contribution in [1.82, 2.24) is 20.1 Å². The summed E-state index contributed by atoms with van der Waals surface area (Å²) in [5, 5.41) is 16.2. The number of aryl methyl sites for hydroxylation is 1. The molecule has 192 valence electrons. The van der Waals surface area contributed by atoms with Crippen LogP contribution in [0.5, 0.6) is 0 Å². The predicted octanol–water partition coefficient (Wildman–Crippen LogP) is 6.31. The Morgan fingerprint density at radius 2 is 1.79 bits per heavy atom. The molecule has 2 amide bonds. The van der Waals surface area contributed by atoms with Crippen LogP contribution in [0.1, 0.15) is 51.7 Å². The van der Waals surface area contributed by atoms with E-state index < -0.39 is 0 Å². The second-order valence-electron chi connectivity index (χ2n) is 9.26. The molecule has 0 saturated heterocycles. The number of fused-ring (bicyclic) bond motifs is 1. The van der Waals surface area contributed by atoms with Crippen LogP contribution >= 0.6 is 11.3 Å². The van der Waals surface area contributed by atoms with Crippen molar-refractivity contribution in [2.45, 2.75) is 33.4 Å². The van der Waals surface area contributed by atoms with Gasteiger partial charge in [0.15, 0.2) is 5.82 Å². The Kier molecular flexibility index (Phi) is 7.19. The van der Waals surface area contributed by atoms with Gasteiger partial charge in [-0.3, -0.25) is 14.3 Å². The van der Waals surface area contributed by atoms with Gasteiger partial charge in [0.1, 0.15) is 0 Å². The van der Waals surface area contributed by atoms with Crippen molar-refractivity contribution in [1.29, 1.82) is 0 Å². The lowest BCUT2D eigenvalue weighted by Crippen LogP contribution is -2.23. The lowest BCUT2D eigenvalue weighted by Gasteiger charge is -2.15. The Morgan fingerprint density at radius 3 is 2.58 bits per heavy atom. The number of hydrogen-bond donors (Lipinski definition) is 3. The number of carbonyl (C=O) groups excluding carboxylic acids is 2. The second-order valence-corrected chi connectivity index (χ2v) is 10.2. The third-order valence-electron chi connectivity index (χ3n) is 6.16. The van der Waals surface area contributed by atoms with Crippen molar-refractivity contribution >= 4 is 50.4 Å². The predicted molar refractivity (Wildman–Crippen MR) is 152 cm³/mol. The fourth-order valence-electron chi connectivity index (χ4n) is 4.00. The Hall–Kier alpha value is -4.50. The van der Waals surface area contributed by atoms with Gasteiger partial charge >= 0.3 is 0 Å². The monoisotopic (exact) mass is 524 g/mol. The maximum absolute atomic E-state index is 13.3. The number of carbonyl (C=O) groups is 2. The summed E-state index contributed by atoms with van der Waals surface area (Å²) in [5.41, 5.74) is 4.10. The van der Waals surface area contributed by atoms with Gasteiger partial charge in [-0.05, 0) is 44.5 Å². The van der Waals surface area contributed by atoms with Crippen LogP contribution in [-0.2, 0) is 6.54 Å². The molecule has 0 aliphatic rings. The van der Waals surface area contributed by atoms with Crippen molar-refractivity contribution in [2.75, 3.05) is 10.6 Å². The molecule has 2 aromatic carbocycles. The summed E-state index contributed by atoms with van der Waals surface area (Å²) in [6, 6.07) is 17.5. The van der Waals surface area contributed by atoms with Crippen LogP contribution in [0.4, 0.5) is 17.2 Å². The van der Waals surface area contributed by atoms with E-state index in [-0.39, 0.29) is 17.9 Å². The summed E-state index contributed by atoms with van der Waals surface area (Å²) in [6.07, 6.45) is 5.16. The Morgan fingerprint density at radius 1 is 1.00 bits per heavy atom. The molecule has 3 aromatic heterocycles. The Bertz CT molecular complexity index is 1620. The van der Waals surface area contributed by atoms with Crippen molar-refractivity contribution in [3.05, 3.63) is 101 Å². The van der Waals surface area contributed by atoms with Crippen LogP contribution in [0.25, 0.3) is 10.1 Å². The van der Waals surface area contributed by atoms with E-state index in [0.717, 1.165) is 26.9 Å². The number of rotatable bonds is 8. The van der Waals surface area contributed by atoms with Crippen LogP contribution in [0, 0.1) is 6.92 Å². The molecule has 38 heavy (non-hydrogen) atoms. The maximum Gasteiger partial charge on any atom is 0.257 e. The highest BCUT2D eigenvalue weighted by atomic mass is 32.1. The van der Waals surface area contributed by atoms with Crippen molar-refractivity contribution in [2.24, 2.45) is 0 Å². The van der Waals surface area contributed by atoms with Crippen LogP contribution in [0.15, 0.2) is 78.6 Å². The smallest absolute Gasteiger partial charge is 0.257 e. The van der Waals surface area contributed by atoms with Crippen LogP contribution in [-0.4, -0.2) is 26.6 Å². The first-order chi connectivity index (χ1) is 18.4. The van der Waals surface area contributed by atoms with Gasteiger partial charge in [-0.15, -0.1) is 11.3 Å². The minimum absolute atomic E-state index is 0.239. The molecule has 0 unspecified atom stereocenters. The molecule has 3 N–H and O–H groups in total. The van der Waals surface area contributed by atoms with E-state index in [0.29, 0.717) is 29.2 Å². The molecule has 0 aliphatic heterocycles. The van der Waals surface area contributed by atoms with E-state index >= 15 is 0 Å². The van der Waals surface area contributed by atoms with Crippen molar-refractivity contribution in [3.63, 3.8) is 0 Å². The number of nitrogens with zero attached hydrogens (tertiary/aromatic N) is 3. The molecule has 0 saturated carbocycles. The molecule has 5 rings (SSSR count). The fraction of sp³-hybridized carbons (Fsp3) is 0.172. The molecule has 9 heteroatoms. The van der Waals surface area contributed by atoms with Gasteiger partial charge < -0.3 is 16.0 Å². The highest BCUT2D eigenvalue weighted by molar-refractivity contribution is 7.17. The van der Waals surface area contributed by atoms with Crippen LogP contribution in [0.2, 0.25) is 0 Å². The molecular weight excluding hydrogens is 496 g/mol. The highest BCUT2D eigenvalue weighted by Gasteiger charge is 2.17. The number of thiophene rings is 1. The molecule has 3 heterocycles. The number of amides is 2. The van der Waals surface area contributed by atoms with E-state index in [9.17, 15) is 9.59 Å². The summed E-state index contributed by atoms with van der Waals surface area (Å²) in [4.78, 5) is 30.9. The Balaban J connectivity index is 1.41. The summed E-state index contributed by atoms with van der Waals surface area (Å²) in [6.45, 7) is 6.41. The maximum atomic E-state index is 13.3. The zero-order valence-corrected chi connectivity index (χ0v) is 22.2. The molecule has 0 atom stereocenters. The number of nitrogens with one attached hydrogen (secondary N) is 3. The SMILES string of the molecule is Cc1ccccc1Nc1ncc(C(=O)NCc2cnn(C(C)C)c2)cc1NC(=O)c1csc2ccccc12. The van der Waals surface area contributed by atoms with Gasteiger partial charge in [0, 0.05) is 51.7 Å². The van der Waals surface area contributed by atoms with Gasteiger partial charge in [-0.25, -0.2) is 4.98 Å². The number of hydrogen-bond acceptors (Lipinski definition) is 6. The van der Waals surface area contributed by atoms with E-state index in [4.69, 9.17) is 0 Å². The number of anilines is 3. The lowest BCUT2D eigenvalue weighted by molar-refractivity contribution is 0.0949. The zero-order valence-electron chi connectivity index (χ0n) is 21.4. The third kappa shape index (κ3) is 5.42. The van der Waals surface area contributed by atoms with Crippen molar-refractivity contribution < 1.29 is 9.59 Å². The number of para-hydroxylation sites is 1. The first-order valence-corrected chi connectivity index (χ1v) is 13.2. The molecule has 0 radical (unpaired) electrons. The first kappa shape index (κ1) is 25.2.